The van der Waals surface area contributed by atoms with Crippen molar-refractivity contribution < 1.29 is 14.3 Å². The minimum absolute atomic E-state index is 0.195. The molecule has 1 aliphatic heterocycles. The van der Waals surface area contributed by atoms with E-state index in [0.29, 0.717) is 13.2 Å². The van der Waals surface area contributed by atoms with Crippen molar-refractivity contribution in [3.63, 3.8) is 0 Å². The molecule has 1 atom stereocenters. The second-order valence-corrected chi connectivity index (χ2v) is 3.87. The lowest BCUT2D eigenvalue weighted by Crippen LogP contribution is -2.15. The molecule has 1 heterocycles. The number of rotatable bonds is 5. The third-order valence-electron chi connectivity index (χ3n) is 2.60. The highest BCUT2D eigenvalue weighted by Gasteiger charge is 2.16. The zero-order chi connectivity index (χ0) is 11.2. The Balaban J connectivity index is 1.92. The fourth-order valence-electron chi connectivity index (χ4n) is 1.75. The van der Waals surface area contributed by atoms with Gasteiger partial charge < -0.3 is 14.3 Å². The molecule has 1 aromatic rings. The molecule has 16 heavy (non-hydrogen) atoms. The van der Waals surface area contributed by atoms with Crippen LogP contribution in [0.15, 0.2) is 24.3 Å². The van der Waals surface area contributed by atoms with Gasteiger partial charge in [-0.15, -0.1) is 0 Å². The van der Waals surface area contributed by atoms with Crippen molar-refractivity contribution in [2.75, 3.05) is 19.8 Å². The summed E-state index contributed by atoms with van der Waals surface area (Å²) < 4.78 is 11.1. The van der Waals surface area contributed by atoms with Crippen molar-refractivity contribution in [2.45, 2.75) is 18.9 Å². The highest BCUT2D eigenvalue weighted by Crippen LogP contribution is 2.18. The molecular weight excluding hydrogens is 206 g/mol. The molecule has 2 rings (SSSR count). The Morgan fingerprint density at radius 3 is 3.12 bits per heavy atom. The number of benzene rings is 1. The lowest BCUT2D eigenvalue weighted by atomic mass is 10.1. The van der Waals surface area contributed by atoms with E-state index in [1.54, 1.807) is 0 Å². The molecule has 4 heteroatoms. The van der Waals surface area contributed by atoms with Crippen molar-refractivity contribution in [3.05, 3.63) is 29.8 Å². The van der Waals surface area contributed by atoms with Crippen LogP contribution in [0.1, 0.15) is 12.0 Å². The third-order valence-corrected chi connectivity index (χ3v) is 2.60. The van der Waals surface area contributed by atoms with Gasteiger partial charge in [0, 0.05) is 6.42 Å². The summed E-state index contributed by atoms with van der Waals surface area (Å²) in [5.41, 5.74) is 1.17. The molecule has 1 saturated heterocycles. The molecule has 0 aliphatic carbocycles. The summed E-state index contributed by atoms with van der Waals surface area (Å²) in [5, 5.41) is 0. The lowest BCUT2D eigenvalue weighted by Gasteiger charge is -2.12. The Morgan fingerprint density at radius 2 is 2.38 bits per heavy atom. The molecule has 0 bridgehead atoms. The molecule has 1 unspecified atom stereocenters. The van der Waals surface area contributed by atoms with E-state index in [4.69, 9.17) is 15.4 Å². The first-order chi connectivity index (χ1) is 7.88. The van der Waals surface area contributed by atoms with Crippen molar-refractivity contribution in [1.29, 1.82) is 0 Å². The number of nitrogens with two attached hydrogens (primary N) is 1. The summed E-state index contributed by atoms with van der Waals surface area (Å²) in [7, 11) is 0. The van der Waals surface area contributed by atoms with Crippen LogP contribution in [-0.2, 0) is 16.0 Å². The Labute approximate surface area is 95.2 Å². The minimum atomic E-state index is 0.195. The maximum Gasteiger partial charge on any atom is 0.124 e. The Morgan fingerprint density at radius 1 is 1.44 bits per heavy atom. The fourth-order valence-corrected chi connectivity index (χ4v) is 1.75. The number of hydrogen-bond acceptors (Lipinski definition) is 4. The van der Waals surface area contributed by atoms with E-state index in [1.807, 2.05) is 24.3 Å². The van der Waals surface area contributed by atoms with Crippen LogP contribution >= 0.6 is 0 Å². The van der Waals surface area contributed by atoms with E-state index in [0.717, 1.165) is 25.2 Å². The molecule has 0 amide bonds. The van der Waals surface area contributed by atoms with Gasteiger partial charge in [-0.3, -0.25) is 0 Å². The first-order valence-corrected chi connectivity index (χ1v) is 5.53. The van der Waals surface area contributed by atoms with Gasteiger partial charge in [0.25, 0.3) is 0 Å². The van der Waals surface area contributed by atoms with Gasteiger partial charge in [-0.25, -0.2) is 5.90 Å². The van der Waals surface area contributed by atoms with Crippen LogP contribution in [0, 0.1) is 0 Å². The summed E-state index contributed by atoms with van der Waals surface area (Å²) in [4.78, 5) is 4.56. The van der Waals surface area contributed by atoms with Crippen molar-refractivity contribution >= 4 is 0 Å². The van der Waals surface area contributed by atoms with Gasteiger partial charge in [0.05, 0.1) is 19.8 Å². The van der Waals surface area contributed by atoms with Crippen LogP contribution in [0.25, 0.3) is 0 Å². The van der Waals surface area contributed by atoms with Gasteiger partial charge in [-0.2, -0.15) is 0 Å². The van der Waals surface area contributed by atoms with Crippen LogP contribution in [0.5, 0.6) is 5.75 Å². The average molecular weight is 223 g/mol. The van der Waals surface area contributed by atoms with Crippen LogP contribution in [0.4, 0.5) is 0 Å². The highest BCUT2D eigenvalue weighted by atomic mass is 16.6. The zero-order valence-electron chi connectivity index (χ0n) is 9.22. The third kappa shape index (κ3) is 3.20. The molecule has 1 aliphatic rings. The van der Waals surface area contributed by atoms with E-state index in [2.05, 4.69) is 4.84 Å². The van der Waals surface area contributed by atoms with Crippen molar-refractivity contribution in [2.24, 2.45) is 5.90 Å². The summed E-state index contributed by atoms with van der Waals surface area (Å²) in [6, 6.07) is 8.01. The summed E-state index contributed by atoms with van der Waals surface area (Å²) in [6.07, 6.45) is 1.96. The topological polar surface area (TPSA) is 53.7 Å². The second-order valence-electron chi connectivity index (χ2n) is 3.87. The molecule has 2 N–H and O–H groups in total. The van der Waals surface area contributed by atoms with Crippen molar-refractivity contribution in [1.82, 2.24) is 0 Å². The largest absolute Gasteiger partial charge is 0.488 e. The van der Waals surface area contributed by atoms with Crippen LogP contribution in [0.2, 0.25) is 0 Å². The predicted molar refractivity (Wildman–Crippen MR) is 60.1 cm³/mol. The van der Waals surface area contributed by atoms with Gasteiger partial charge in [-0.05, 0) is 24.1 Å². The zero-order valence-corrected chi connectivity index (χ0v) is 9.22. The lowest BCUT2D eigenvalue weighted by molar-refractivity contribution is 0.139. The van der Waals surface area contributed by atoms with E-state index < -0.39 is 0 Å². The normalized spacial score (nSPS) is 19.9. The highest BCUT2D eigenvalue weighted by molar-refractivity contribution is 5.28. The molecule has 4 nitrogen and oxygen atoms in total. The van der Waals surface area contributed by atoms with Crippen molar-refractivity contribution in [3.8, 4) is 5.75 Å². The molecule has 0 saturated carbocycles. The van der Waals surface area contributed by atoms with Gasteiger partial charge >= 0.3 is 0 Å². The smallest absolute Gasteiger partial charge is 0.124 e. The summed E-state index contributed by atoms with van der Waals surface area (Å²) in [6.45, 7) is 2.01. The number of hydrogen-bond donors (Lipinski definition) is 1. The van der Waals surface area contributed by atoms with Crippen LogP contribution in [-0.4, -0.2) is 25.9 Å². The molecule has 0 spiro atoms. The van der Waals surface area contributed by atoms with E-state index in [1.165, 1.54) is 5.56 Å². The molecule has 0 radical (unpaired) electrons. The summed E-state index contributed by atoms with van der Waals surface area (Å²) in [5.74, 6) is 5.89. The quantitative estimate of drug-likeness (QED) is 0.764. The maximum atomic E-state index is 5.80. The predicted octanol–water partition coefficient (Wildman–Crippen LogP) is 1.29. The standard InChI is InChI=1S/C12H17NO3/c13-15-7-4-10-2-1-3-11(8-10)16-12-5-6-14-9-12/h1-3,8,12H,4-7,9,13H2. The van der Waals surface area contributed by atoms with E-state index in [9.17, 15) is 0 Å². The Kier molecular flexibility index (Phi) is 4.16. The molecule has 1 aromatic carbocycles. The Bertz CT molecular complexity index is 324. The van der Waals surface area contributed by atoms with Gasteiger partial charge in [0.1, 0.15) is 11.9 Å². The molecule has 1 fully saturated rings. The SMILES string of the molecule is NOCCc1cccc(OC2CCOC2)c1. The Hall–Kier alpha value is -1.10. The summed E-state index contributed by atoms with van der Waals surface area (Å²) >= 11 is 0. The van der Waals surface area contributed by atoms with E-state index in [-0.39, 0.29) is 6.10 Å². The molecular formula is C12H17NO3. The average Bonchev–Trinajstić information content (AvgIpc) is 2.80. The minimum Gasteiger partial charge on any atom is -0.488 e. The monoisotopic (exact) mass is 223 g/mol. The fraction of sp³-hybridized carbons (Fsp3) is 0.500. The first-order valence-electron chi connectivity index (χ1n) is 5.53. The van der Waals surface area contributed by atoms with Gasteiger partial charge in [0.15, 0.2) is 0 Å². The van der Waals surface area contributed by atoms with Crippen LogP contribution < -0.4 is 10.6 Å². The molecule has 0 aromatic heterocycles. The van der Waals surface area contributed by atoms with Crippen LogP contribution in [0.3, 0.4) is 0 Å². The second kappa shape index (κ2) is 5.84. The first kappa shape index (κ1) is 11.4. The van der Waals surface area contributed by atoms with E-state index >= 15 is 0 Å². The number of ether oxygens (including phenoxy) is 2. The van der Waals surface area contributed by atoms with Gasteiger partial charge in [0.2, 0.25) is 0 Å². The molecule has 88 valence electrons. The van der Waals surface area contributed by atoms with Gasteiger partial charge in [-0.1, -0.05) is 12.1 Å². The maximum absolute atomic E-state index is 5.80.